The summed E-state index contributed by atoms with van der Waals surface area (Å²) in [4.78, 5) is 11.5. The van der Waals surface area contributed by atoms with Crippen molar-refractivity contribution in [2.45, 2.75) is 6.54 Å². The molecule has 2 aromatic heterocycles. The number of hydrogen-bond donors (Lipinski definition) is 1. The van der Waals surface area contributed by atoms with Crippen molar-refractivity contribution in [2.24, 2.45) is 0 Å². The Balaban J connectivity index is 1.94. The lowest BCUT2D eigenvalue weighted by molar-refractivity contribution is 0.0945. The van der Waals surface area contributed by atoms with Crippen molar-refractivity contribution in [3.8, 4) is 0 Å². The molecule has 0 saturated heterocycles. The quantitative estimate of drug-likeness (QED) is 0.808. The molecule has 0 aliphatic rings. The van der Waals surface area contributed by atoms with E-state index < -0.39 is 0 Å². The second-order valence-corrected chi connectivity index (χ2v) is 2.92. The molecule has 2 heterocycles. The molecule has 0 saturated carbocycles. The predicted molar refractivity (Wildman–Crippen MR) is 51.9 cm³/mol. The highest BCUT2D eigenvalue weighted by Gasteiger charge is 2.06. The van der Waals surface area contributed by atoms with E-state index in [1.54, 1.807) is 30.7 Å². The molecule has 0 unspecified atom stereocenters. The molecule has 0 spiro atoms. The van der Waals surface area contributed by atoms with Gasteiger partial charge in [0.05, 0.1) is 12.5 Å². The number of nitrogens with zero attached hydrogens (tertiary/aromatic N) is 2. The van der Waals surface area contributed by atoms with Gasteiger partial charge >= 0.3 is 0 Å². The number of aromatic nitrogens is 2. The summed E-state index contributed by atoms with van der Waals surface area (Å²) < 4.78 is 4.87. The van der Waals surface area contributed by atoms with Crippen molar-refractivity contribution in [3.05, 3.63) is 48.2 Å². The maximum Gasteiger partial charge on any atom is 0.272 e. The van der Waals surface area contributed by atoms with E-state index in [-0.39, 0.29) is 5.91 Å². The van der Waals surface area contributed by atoms with Crippen LogP contribution < -0.4 is 5.32 Å². The van der Waals surface area contributed by atoms with E-state index in [0.29, 0.717) is 12.2 Å². The zero-order chi connectivity index (χ0) is 10.5. The predicted octanol–water partition coefficient (Wildman–Crippen LogP) is 1.000. The fourth-order valence-corrected chi connectivity index (χ4v) is 1.09. The molecular weight excluding hydrogens is 194 g/mol. The highest BCUT2D eigenvalue weighted by Crippen LogP contribution is 1.99. The van der Waals surface area contributed by atoms with Crippen LogP contribution in [0.3, 0.4) is 0 Å². The van der Waals surface area contributed by atoms with Crippen molar-refractivity contribution in [3.63, 3.8) is 0 Å². The topological polar surface area (TPSA) is 68.0 Å². The Hall–Kier alpha value is -2.17. The molecule has 2 rings (SSSR count). The molecule has 0 fully saturated rings. The van der Waals surface area contributed by atoms with E-state index in [1.165, 1.54) is 6.20 Å². The Labute approximate surface area is 86.1 Å². The van der Waals surface area contributed by atoms with Crippen molar-refractivity contribution in [1.82, 2.24) is 15.5 Å². The van der Waals surface area contributed by atoms with Crippen LogP contribution in [0.25, 0.3) is 0 Å². The van der Waals surface area contributed by atoms with Gasteiger partial charge in [0.15, 0.2) is 5.69 Å². The van der Waals surface area contributed by atoms with Crippen LogP contribution in [0.15, 0.2) is 41.3 Å². The van der Waals surface area contributed by atoms with Crippen LogP contribution in [0.1, 0.15) is 16.1 Å². The van der Waals surface area contributed by atoms with Gasteiger partial charge in [-0.05, 0) is 18.2 Å². The third kappa shape index (κ3) is 2.40. The summed E-state index contributed by atoms with van der Waals surface area (Å²) in [5.41, 5.74) is 1.22. The second kappa shape index (κ2) is 4.36. The summed E-state index contributed by atoms with van der Waals surface area (Å²) in [6, 6.07) is 5.06. The third-order valence-electron chi connectivity index (χ3n) is 1.84. The molecule has 1 N–H and O–H groups in total. The van der Waals surface area contributed by atoms with Crippen molar-refractivity contribution in [1.29, 1.82) is 0 Å². The van der Waals surface area contributed by atoms with Crippen molar-refractivity contribution in [2.75, 3.05) is 0 Å². The molecule has 0 bridgehead atoms. The summed E-state index contributed by atoms with van der Waals surface area (Å²) in [6.45, 7) is 0.423. The monoisotopic (exact) mass is 203 g/mol. The minimum atomic E-state index is -0.246. The molecule has 5 heteroatoms. The smallest absolute Gasteiger partial charge is 0.272 e. The number of hydrogen-bond acceptors (Lipinski definition) is 4. The second-order valence-electron chi connectivity index (χ2n) is 2.92. The van der Waals surface area contributed by atoms with E-state index in [0.717, 1.165) is 5.56 Å². The van der Waals surface area contributed by atoms with Crippen LogP contribution in [-0.2, 0) is 6.54 Å². The largest absolute Gasteiger partial charge is 0.472 e. The lowest BCUT2D eigenvalue weighted by Crippen LogP contribution is -2.23. The van der Waals surface area contributed by atoms with Crippen LogP contribution in [-0.4, -0.2) is 16.1 Å². The number of amides is 1. The normalized spacial score (nSPS) is 9.87. The molecule has 0 aromatic carbocycles. The van der Waals surface area contributed by atoms with E-state index >= 15 is 0 Å². The Morgan fingerprint density at radius 2 is 2.40 bits per heavy atom. The molecule has 0 aliphatic heterocycles. The minimum Gasteiger partial charge on any atom is -0.472 e. The summed E-state index contributed by atoms with van der Waals surface area (Å²) in [7, 11) is 0. The number of furan rings is 1. The Bertz CT molecular complexity index is 425. The first-order chi connectivity index (χ1) is 7.36. The first-order valence-corrected chi connectivity index (χ1v) is 4.43. The SMILES string of the molecule is O=C(NCc1ccoc1)c1cccnn1. The number of nitrogens with one attached hydrogen (secondary N) is 1. The molecular formula is C10H9N3O2. The van der Waals surface area contributed by atoms with Crippen LogP contribution >= 0.6 is 0 Å². The van der Waals surface area contributed by atoms with Gasteiger partial charge in [0.1, 0.15) is 0 Å². The molecule has 76 valence electrons. The van der Waals surface area contributed by atoms with Crippen LogP contribution in [0.2, 0.25) is 0 Å². The zero-order valence-electron chi connectivity index (χ0n) is 7.88. The molecule has 0 atom stereocenters. The lowest BCUT2D eigenvalue weighted by Gasteiger charge is -2.00. The van der Waals surface area contributed by atoms with Gasteiger partial charge in [-0.25, -0.2) is 0 Å². The number of rotatable bonds is 3. The van der Waals surface area contributed by atoms with Gasteiger partial charge < -0.3 is 9.73 Å². The van der Waals surface area contributed by atoms with Gasteiger partial charge in [-0.1, -0.05) is 0 Å². The standard InChI is InChI=1S/C10H9N3O2/c14-10(9-2-1-4-12-13-9)11-6-8-3-5-15-7-8/h1-5,7H,6H2,(H,11,14). The molecule has 15 heavy (non-hydrogen) atoms. The maximum atomic E-state index is 11.5. The van der Waals surface area contributed by atoms with Gasteiger partial charge in [0, 0.05) is 18.3 Å². The van der Waals surface area contributed by atoms with Crippen LogP contribution in [0.5, 0.6) is 0 Å². The van der Waals surface area contributed by atoms with Gasteiger partial charge in [-0.2, -0.15) is 5.10 Å². The van der Waals surface area contributed by atoms with Gasteiger partial charge in [-0.3, -0.25) is 4.79 Å². The Morgan fingerprint density at radius 1 is 1.47 bits per heavy atom. The average Bonchev–Trinajstić information content (AvgIpc) is 2.80. The van der Waals surface area contributed by atoms with E-state index in [2.05, 4.69) is 15.5 Å². The molecule has 0 radical (unpaired) electrons. The van der Waals surface area contributed by atoms with Crippen molar-refractivity contribution < 1.29 is 9.21 Å². The van der Waals surface area contributed by atoms with Gasteiger partial charge in [0.25, 0.3) is 5.91 Å². The summed E-state index contributed by atoms with van der Waals surface area (Å²) in [5.74, 6) is -0.246. The van der Waals surface area contributed by atoms with Crippen LogP contribution in [0, 0.1) is 0 Å². The molecule has 1 amide bonds. The number of carbonyl (C=O) groups excluding carboxylic acids is 1. The highest BCUT2D eigenvalue weighted by molar-refractivity contribution is 5.91. The Morgan fingerprint density at radius 3 is 3.07 bits per heavy atom. The molecule has 2 aromatic rings. The van der Waals surface area contributed by atoms with Crippen LogP contribution in [0.4, 0.5) is 0 Å². The Kier molecular flexibility index (Phi) is 2.73. The third-order valence-corrected chi connectivity index (χ3v) is 1.84. The first kappa shape index (κ1) is 9.39. The maximum absolute atomic E-state index is 11.5. The van der Waals surface area contributed by atoms with Gasteiger partial charge in [0.2, 0.25) is 0 Å². The number of carbonyl (C=O) groups is 1. The molecule has 0 aliphatic carbocycles. The first-order valence-electron chi connectivity index (χ1n) is 4.43. The highest BCUT2D eigenvalue weighted by atomic mass is 16.3. The molecule has 5 nitrogen and oxygen atoms in total. The van der Waals surface area contributed by atoms with E-state index in [9.17, 15) is 4.79 Å². The van der Waals surface area contributed by atoms with Gasteiger partial charge in [-0.15, -0.1) is 5.10 Å². The van der Waals surface area contributed by atoms with E-state index in [4.69, 9.17) is 4.42 Å². The summed E-state index contributed by atoms with van der Waals surface area (Å²) in [5, 5.41) is 10.0. The summed E-state index contributed by atoms with van der Waals surface area (Å²) >= 11 is 0. The fraction of sp³-hybridized carbons (Fsp3) is 0.100. The summed E-state index contributed by atoms with van der Waals surface area (Å²) in [6.07, 6.45) is 4.66. The lowest BCUT2D eigenvalue weighted by atomic mass is 10.3. The van der Waals surface area contributed by atoms with E-state index in [1.807, 2.05) is 0 Å². The fourth-order valence-electron chi connectivity index (χ4n) is 1.09. The average molecular weight is 203 g/mol. The minimum absolute atomic E-state index is 0.246. The zero-order valence-corrected chi connectivity index (χ0v) is 7.88. The van der Waals surface area contributed by atoms with Crippen molar-refractivity contribution >= 4 is 5.91 Å².